The quantitative estimate of drug-likeness (QED) is 0.546. The molecule has 0 radical (unpaired) electrons. The number of aliphatic carboxylic acids is 1. The van der Waals surface area contributed by atoms with Crippen molar-refractivity contribution < 1.29 is 19.4 Å². The highest BCUT2D eigenvalue weighted by Crippen LogP contribution is 2.24. The van der Waals surface area contributed by atoms with Crippen LogP contribution in [0.15, 0.2) is 78.9 Å². The van der Waals surface area contributed by atoms with Gasteiger partial charge in [-0.25, -0.2) is 0 Å². The van der Waals surface area contributed by atoms with Crippen molar-refractivity contribution in [3.8, 4) is 11.5 Å². The molecule has 0 unspecified atom stereocenters. The first kappa shape index (κ1) is 19.5. The van der Waals surface area contributed by atoms with Crippen molar-refractivity contribution in [1.82, 2.24) is 0 Å². The lowest BCUT2D eigenvalue weighted by Crippen LogP contribution is -2.06. The zero-order valence-electron chi connectivity index (χ0n) is 15.7. The molecule has 4 nitrogen and oxygen atoms in total. The number of ether oxygens (including phenoxy) is 2. The van der Waals surface area contributed by atoms with E-state index in [9.17, 15) is 4.79 Å². The summed E-state index contributed by atoms with van der Waals surface area (Å²) in [5, 5.41) is 8.99. The predicted octanol–water partition coefficient (Wildman–Crippen LogP) is 4.90. The minimum Gasteiger partial charge on any atom is -0.493 e. The third kappa shape index (κ3) is 6.16. The summed E-state index contributed by atoms with van der Waals surface area (Å²) >= 11 is 0. The maximum atomic E-state index is 10.9. The molecule has 0 amide bonds. The second kappa shape index (κ2) is 10.2. The first-order valence-corrected chi connectivity index (χ1v) is 9.39. The van der Waals surface area contributed by atoms with Crippen LogP contribution in [0.5, 0.6) is 11.5 Å². The SMILES string of the molecule is O=C(O)CCc1ccc(COc2ccccc2)cc1OCCc1ccccc1. The fourth-order valence-corrected chi connectivity index (χ4v) is 2.88. The third-order valence-corrected chi connectivity index (χ3v) is 4.38. The summed E-state index contributed by atoms with van der Waals surface area (Å²) < 4.78 is 11.8. The molecule has 28 heavy (non-hydrogen) atoms. The zero-order chi connectivity index (χ0) is 19.6. The van der Waals surface area contributed by atoms with E-state index in [1.165, 1.54) is 5.56 Å². The van der Waals surface area contributed by atoms with Gasteiger partial charge in [0.15, 0.2) is 0 Å². The fraction of sp³-hybridized carbons (Fsp3) is 0.208. The van der Waals surface area contributed by atoms with Gasteiger partial charge < -0.3 is 14.6 Å². The average molecular weight is 376 g/mol. The first-order chi connectivity index (χ1) is 13.7. The Morgan fingerprint density at radius 1 is 0.786 bits per heavy atom. The van der Waals surface area contributed by atoms with Crippen molar-refractivity contribution in [1.29, 1.82) is 0 Å². The van der Waals surface area contributed by atoms with Crippen molar-refractivity contribution in [2.75, 3.05) is 6.61 Å². The molecule has 4 heteroatoms. The van der Waals surface area contributed by atoms with Crippen molar-refractivity contribution in [2.45, 2.75) is 25.9 Å². The van der Waals surface area contributed by atoms with Gasteiger partial charge in [-0.2, -0.15) is 0 Å². The lowest BCUT2D eigenvalue weighted by molar-refractivity contribution is -0.136. The Labute approximate surface area is 165 Å². The number of aryl methyl sites for hydroxylation is 1. The molecule has 3 rings (SSSR count). The molecule has 0 aliphatic carbocycles. The highest BCUT2D eigenvalue weighted by molar-refractivity contribution is 5.67. The highest BCUT2D eigenvalue weighted by Gasteiger charge is 2.09. The number of hydrogen-bond donors (Lipinski definition) is 1. The summed E-state index contributed by atoms with van der Waals surface area (Å²) in [5.41, 5.74) is 3.09. The number of hydrogen-bond acceptors (Lipinski definition) is 3. The maximum absolute atomic E-state index is 10.9. The van der Waals surface area contributed by atoms with Crippen LogP contribution in [-0.2, 0) is 24.2 Å². The van der Waals surface area contributed by atoms with Crippen LogP contribution in [0.3, 0.4) is 0 Å². The van der Waals surface area contributed by atoms with Crippen molar-refractivity contribution >= 4 is 5.97 Å². The minimum atomic E-state index is -0.813. The normalized spacial score (nSPS) is 10.4. The van der Waals surface area contributed by atoms with Gasteiger partial charge in [0.2, 0.25) is 0 Å². The van der Waals surface area contributed by atoms with E-state index in [1.54, 1.807) is 0 Å². The fourth-order valence-electron chi connectivity index (χ4n) is 2.88. The van der Waals surface area contributed by atoms with Crippen LogP contribution >= 0.6 is 0 Å². The van der Waals surface area contributed by atoms with E-state index in [0.29, 0.717) is 19.6 Å². The summed E-state index contributed by atoms with van der Waals surface area (Å²) in [4.78, 5) is 10.9. The van der Waals surface area contributed by atoms with Crippen LogP contribution < -0.4 is 9.47 Å². The van der Waals surface area contributed by atoms with E-state index in [1.807, 2.05) is 66.7 Å². The Bertz CT molecular complexity index is 876. The standard InChI is InChI=1S/C24H24O4/c25-24(26)14-13-21-12-11-20(18-28-22-9-5-2-6-10-22)17-23(21)27-16-15-19-7-3-1-4-8-19/h1-12,17H,13-16,18H2,(H,25,26). The lowest BCUT2D eigenvalue weighted by atomic mass is 10.1. The average Bonchev–Trinajstić information content (AvgIpc) is 2.73. The van der Waals surface area contributed by atoms with E-state index in [2.05, 4.69) is 12.1 Å². The monoisotopic (exact) mass is 376 g/mol. The molecule has 0 fully saturated rings. The first-order valence-electron chi connectivity index (χ1n) is 9.39. The summed E-state index contributed by atoms with van der Waals surface area (Å²) in [6, 6.07) is 25.6. The summed E-state index contributed by atoms with van der Waals surface area (Å²) in [5.74, 6) is 0.724. The van der Waals surface area contributed by atoms with Gasteiger partial charge in [0.25, 0.3) is 0 Å². The topological polar surface area (TPSA) is 55.8 Å². The van der Waals surface area contributed by atoms with E-state index in [0.717, 1.165) is 29.0 Å². The molecule has 0 spiro atoms. The highest BCUT2D eigenvalue weighted by atomic mass is 16.5. The Morgan fingerprint density at radius 3 is 2.21 bits per heavy atom. The van der Waals surface area contributed by atoms with Gasteiger partial charge >= 0.3 is 5.97 Å². The lowest BCUT2D eigenvalue weighted by Gasteiger charge is -2.14. The molecule has 0 aliphatic heterocycles. The number of rotatable bonds is 10. The molecule has 0 aliphatic rings. The molecule has 0 saturated carbocycles. The second-order valence-electron chi connectivity index (χ2n) is 6.52. The number of carbonyl (C=O) groups is 1. The van der Waals surface area contributed by atoms with Crippen LogP contribution in [0.25, 0.3) is 0 Å². The number of carboxylic acids is 1. The molecule has 3 aromatic rings. The van der Waals surface area contributed by atoms with E-state index >= 15 is 0 Å². The third-order valence-electron chi connectivity index (χ3n) is 4.38. The van der Waals surface area contributed by atoms with Gasteiger partial charge in [0.05, 0.1) is 6.61 Å². The molecule has 0 heterocycles. The van der Waals surface area contributed by atoms with Crippen LogP contribution in [0, 0.1) is 0 Å². The molecular weight excluding hydrogens is 352 g/mol. The second-order valence-corrected chi connectivity index (χ2v) is 6.52. The van der Waals surface area contributed by atoms with Gasteiger partial charge in [-0.05, 0) is 41.3 Å². The molecule has 144 valence electrons. The summed E-state index contributed by atoms with van der Waals surface area (Å²) in [7, 11) is 0. The molecule has 0 aromatic heterocycles. The maximum Gasteiger partial charge on any atom is 0.303 e. The molecule has 0 saturated heterocycles. The van der Waals surface area contributed by atoms with E-state index in [-0.39, 0.29) is 6.42 Å². The van der Waals surface area contributed by atoms with Gasteiger partial charge in [-0.1, -0.05) is 60.7 Å². The minimum absolute atomic E-state index is 0.0783. The summed E-state index contributed by atoms with van der Waals surface area (Å²) in [6.07, 6.45) is 1.31. The van der Waals surface area contributed by atoms with Crippen molar-refractivity contribution in [2.24, 2.45) is 0 Å². The van der Waals surface area contributed by atoms with Crippen molar-refractivity contribution in [3.05, 3.63) is 95.6 Å². The van der Waals surface area contributed by atoms with Crippen LogP contribution in [0.4, 0.5) is 0 Å². The Hall–Kier alpha value is -3.27. The molecule has 0 bridgehead atoms. The van der Waals surface area contributed by atoms with Crippen LogP contribution in [0.2, 0.25) is 0 Å². The number of benzene rings is 3. The molecule has 0 atom stereocenters. The van der Waals surface area contributed by atoms with Gasteiger partial charge in [0, 0.05) is 12.8 Å². The molecule has 3 aromatic carbocycles. The van der Waals surface area contributed by atoms with Gasteiger partial charge in [0.1, 0.15) is 18.1 Å². The Morgan fingerprint density at radius 2 is 1.50 bits per heavy atom. The predicted molar refractivity (Wildman–Crippen MR) is 109 cm³/mol. The van der Waals surface area contributed by atoms with Crippen LogP contribution in [0.1, 0.15) is 23.1 Å². The molecular formula is C24H24O4. The molecule has 1 N–H and O–H groups in total. The Kier molecular flexibility index (Phi) is 7.08. The Balaban J connectivity index is 1.66. The largest absolute Gasteiger partial charge is 0.493 e. The number of para-hydroxylation sites is 1. The van der Waals surface area contributed by atoms with Gasteiger partial charge in [-0.3, -0.25) is 4.79 Å². The van der Waals surface area contributed by atoms with Crippen LogP contribution in [-0.4, -0.2) is 17.7 Å². The smallest absolute Gasteiger partial charge is 0.303 e. The summed E-state index contributed by atoms with van der Waals surface area (Å²) in [6.45, 7) is 0.964. The van der Waals surface area contributed by atoms with E-state index in [4.69, 9.17) is 14.6 Å². The van der Waals surface area contributed by atoms with Gasteiger partial charge in [-0.15, -0.1) is 0 Å². The number of carboxylic acid groups (broad SMARTS) is 1. The zero-order valence-corrected chi connectivity index (χ0v) is 15.7. The van der Waals surface area contributed by atoms with E-state index < -0.39 is 5.97 Å². The van der Waals surface area contributed by atoms with Crippen molar-refractivity contribution in [3.63, 3.8) is 0 Å².